The maximum Gasteiger partial charge on any atom is 0.177 e. The van der Waals surface area contributed by atoms with E-state index in [2.05, 4.69) is 50.5 Å². The van der Waals surface area contributed by atoms with E-state index in [4.69, 9.17) is 9.84 Å². The van der Waals surface area contributed by atoms with Gasteiger partial charge in [-0.1, -0.05) is 0 Å². The number of hydrogen-bond acceptors (Lipinski definition) is 5. The quantitative estimate of drug-likeness (QED) is 0.769. The number of H-pyrrole nitrogens is 1. The van der Waals surface area contributed by atoms with Crippen molar-refractivity contribution in [3.63, 3.8) is 0 Å². The molecule has 2 aliphatic rings. The van der Waals surface area contributed by atoms with Crippen molar-refractivity contribution < 1.29 is 4.74 Å². The lowest BCUT2D eigenvalue weighted by Crippen LogP contribution is -2.51. The summed E-state index contributed by atoms with van der Waals surface area (Å²) in [5.74, 6) is 0.565. The molecule has 0 saturated carbocycles. The third-order valence-corrected chi connectivity index (χ3v) is 5.91. The minimum Gasteiger partial charge on any atom is -0.378 e. The Bertz CT molecular complexity index is 933. The predicted octanol–water partition coefficient (Wildman–Crippen LogP) is 2.98. The molecule has 0 spiro atoms. The number of fused-ring (bicyclic) bond motifs is 1. The Morgan fingerprint density at radius 1 is 1.15 bits per heavy atom. The molecular weight excluding hydrogens is 340 g/mol. The first-order valence-corrected chi connectivity index (χ1v) is 9.90. The zero-order valence-electron chi connectivity index (χ0n) is 15.9. The number of pyridine rings is 1. The van der Waals surface area contributed by atoms with Crippen molar-refractivity contribution in [1.29, 1.82) is 0 Å². The number of hydrogen-bond donors (Lipinski definition) is 1. The molecule has 0 atom stereocenters. The van der Waals surface area contributed by atoms with Crippen molar-refractivity contribution in [2.24, 2.45) is 0 Å². The fraction of sp³-hybridized carbons (Fsp3) is 0.550. The summed E-state index contributed by atoms with van der Waals surface area (Å²) < 4.78 is 7.57. The van der Waals surface area contributed by atoms with Gasteiger partial charge in [-0.15, -0.1) is 0 Å². The molecule has 7 nitrogen and oxygen atoms in total. The largest absolute Gasteiger partial charge is 0.378 e. The summed E-state index contributed by atoms with van der Waals surface area (Å²) in [7, 11) is 0. The first kappa shape index (κ1) is 16.9. The van der Waals surface area contributed by atoms with Gasteiger partial charge in [0, 0.05) is 29.4 Å². The first-order chi connectivity index (χ1) is 13.2. The van der Waals surface area contributed by atoms with Crippen LogP contribution in [-0.2, 0) is 4.74 Å². The molecule has 5 rings (SSSR count). The van der Waals surface area contributed by atoms with E-state index in [0.717, 1.165) is 48.7 Å². The molecular formula is C20H26N6O. The van der Waals surface area contributed by atoms with Crippen LogP contribution in [0.25, 0.3) is 22.4 Å². The van der Waals surface area contributed by atoms with Gasteiger partial charge in [0.15, 0.2) is 5.65 Å². The monoisotopic (exact) mass is 366 g/mol. The van der Waals surface area contributed by atoms with Crippen molar-refractivity contribution in [3.8, 4) is 11.3 Å². The van der Waals surface area contributed by atoms with E-state index < -0.39 is 0 Å². The second kappa shape index (κ2) is 6.73. The minimum absolute atomic E-state index is 0.343. The van der Waals surface area contributed by atoms with E-state index in [0.29, 0.717) is 18.0 Å². The highest BCUT2D eigenvalue weighted by Crippen LogP contribution is 2.34. The highest BCUT2D eigenvalue weighted by molar-refractivity contribution is 5.76. The van der Waals surface area contributed by atoms with Gasteiger partial charge in [0.1, 0.15) is 0 Å². The number of piperidine rings is 1. The molecule has 3 aromatic rings. The molecule has 2 aliphatic heterocycles. The maximum atomic E-state index is 5.36. The van der Waals surface area contributed by atoms with Crippen molar-refractivity contribution in [1.82, 2.24) is 29.6 Å². The molecule has 5 heterocycles. The van der Waals surface area contributed by atoms with E-state index in [1.807, 2.05) is 6.20 Å². The summed E-state index contributed by atoms with van der Waals surface area (Å²) in [6.07, 6.45) is 5.93. The van der Waals surface area contributed by atoms with Crippen molar-refractivity contribution in [3.05, 3.63) is 30.4 Å². The lowest BCUT2D eigenvalue weighted by molar-refractivity contribution is -0.0714. The standard InChI is InChI=1S/C20H26N6O/c1-13(2)26-19(14-3-5-25(6-4-14)16-10-27-11-16)8-17(24-26)15-7-18-20(21-9-15)23-12-22-18/h7-9,12-14,16H,3-6,10-11H2,1-2H3,(H,21,22,23). The fourth-order valence-corrected chi connectivity index (χ4v) is 4.23. The maximum absolute atomic E-state index is 5.36. The van der Waals surface area contributed by atoms with Crippen LogP contribution in [0.5, 0.6) is 0 Å². The van der Waals surface area contributed by atoms with Crippen LogP contribution in [0, 0.1) is 0 Å². The van der Waals surface area contributed by atoms with Crippen molar-refractivity contribution >= 4 is 11.2 Å². The van der Waals surface area contributed by atoms with E-state index >= 15 is 0 Å². The summed E-state index contributed by atoms with van der Waals surface area (Å²) in [6, 6.07) is 5.34. The van der Waals surface area contributed by atoms with Gasteiger partial charge in [0.25, 0.3) is 0 Å². The molecule has 2 saturated heterocycles. The van der Waals surface area contributed by atoms with Crippen LogP contribution in [0.1, 0.15) is 44.3 Å². The number of imidazole rings is 1. The van der Waals surface area contributed by atoms with Crippen LogP contribution < -0.4 is 0 Å². The summed E-state index contributed by atoms with van der Waals surface area (Å²) in [4.78, 5) is 14.4. The van der Waals surface area contributed by atoms with Gasteiger partial charge in [-0.2, -0.15) is 5.10 Å². The SMILES string of the molecule is CC(C)n1nc(-c2cnc3nc[nH]c3c2)cc1C1CCN(C2COC2)CC1. The Balaban J connectivity index is 1.42. The Hall–Kier alpha value is -2.25. The summed E-state index contributed by atoms with van der Waals surface area (Å²) in [6.45, 7) is 8.52. The molecule has 1 N–H and O–H groups in total. The molecule has 0 radical (unpaired) electrons. The second-order valence-corrected chi connectivity index (χ2v) is 7.99. The van der Waals surface area contributed by atoms with Crippen molar-refractivity contribution in [2.75, 3.05) is 26.3 Å². The smallest absolute Gasteiger partial charge is 0.177 e. The summed E-state index contributed by atoms with van der Waals surface area (Å²) in [5.41, 5.74) is 5.09. The van der Waals surface area contributed by atoms with E-state index in [-0.39, 0.29) is 0 Å². The van der Waals surface area contributed by atoms with Gasteiger partial charge >= 0.3 is 0 Å². The molecule has 0 unspecified atom stereocenters. The van der Waals surface area contributed by atoms with Gasteiger partial charge in [-0.3, -0.25) is 9.58 Å². The Labute approximate surface area is 158 Å². The Kier molecular flexibility index (Phi) is 4.21. The third kappa shape index (κ3) is 3.04. The molecule has 2 fully saturated rings. The van der Waals surface area contributed by atoms with E-state index in [9.17, 15) is 0 Å². The number of likely N-dealkylation sites (tertiary alicyclic amines) is 1. The van der Waals surface area contributed by atoms with Gasteiger partial charge in [-0.25, -0.2) is 9.97 Å². The number of aromatic amines is 1. The lowest BCUT2D eigenvalue weighted by Gasteiger charge is -2.41. The highest BCUT2D eigenvalue weighted by Gasteiger charge is 2.31. The summed E-state index contributed by atoms with van der Waals surface area (Å²) >= 11 is 0. The van der Waals surface area contributed by atoms with Crippen LogP contribution in [0.15, 0.2) is 24.7 Å². The number of nitrogens with zero attached hydrogens (tertiary/aromatic N) is 5. The normalized spacial score (nSPS) is 19.8. The van der Waals surface area contributed by atoms with Crippen LogP contribution >= 0.6 is 0 Å². The van der Waals surface area contributed by atoms with Gasteiger partial charge in [0.2, 0.25) is 0 Å². The zero-order chi connectivity index (χ0) is 18.4. The molecule has 27 heavy (non-hydrogen) atoms. The van der Waals surface area contributed by atoms with E-state index in [1.165, 1.54) is 18.5 Å². The predicted molar refractivity (Wildman–Crippen MR) is 104 cm³/mol. The average molecular weight is 366 g/mol. The Morgan fingerprint density at radius 3 is 2.67 bits per heavy atom. The third-order valence-electron chi connectivity index (χ3n) is 5.91. The van der Waals surface area contributed by atoms with E-state index in [1.54, 1.807) is 6.33 Å². The Morgan fingerprint density at radius 2 is 1.96 bits per heavy atom. The first-order valence-electron chi connectivity index (χ1n) is 9.90. The number of aromatic nitrogens is 5. The zero-order valence-corrected chi connectivity index (χ0v) is 15.9. The van der Waals surface area contributed by atoms with Gasteiger partial charge in [0.05, 0.1) is 36.8 Å². The van der Waals surface area contributed by atoms with Crippen molar-refractivity contribution in [2.45, 2.75) is 44.7 Å². The second-order valence-electron chi connectivity index (χ2n) is 7.99. The lowest BCUT2D eigenvalue weighted by atomic mass is 9.91. The average Bonchev–Trinajstić information content (AvgIpc) is 3.27. The molecule has 3 aromatic heterocycles. The van der Waals surface area contributed by atoms with Crippen LogP contribution in [0.3, 0.4) is 0 Å². The number of nitrogens with one attached hydrogen (secondary N) is 1. The molecule has 0 amide bonds. The van der Waals surface area contributed by atoms with Crippen LogP contribution in [0.2, 0.25) is 0 Å². The summed E-state index contributed by atoms with van der Waals surface area (Å²) in [5, 5.41) is 4.94. The molecule has 7 heteroatoms. The topological polar surface area (TPSA) is 71.9 Å². The molecule has 142 valence electrons. The molecule has 0 aliphatic carbocycles. The number of rotatable bonds is 4. The van der Waals surface area contributed by atoms with Crippen LogP contribution in [-0.4, -0.2) is 62.0 Å². The fourth-order valence-electron chi connectivity index (χ4n) is 4.23. The highest BCUT2D eigenvalue weighted by atomic mass is 16.5. The molecule has 0 bridgehead atoms. The number of ether oxygens (including phenoxy) is 1. The van der Waals surface area contributed by atoms with Gasteiger partial charge < -0.3 is 9.72 Å². The minimum atomic E-state index is 0.343. The van der Waals surface area contributed by atoms with Gasteiger partial charge in [-0.05, 0) is 51.9 Å². The van der Waals surface area contributed by atoms with Crippen LogP contribution in [0.4, 0.5) is 0 Å². The molecule has 0 aromatic carbocycles.